The number of fused-ring (bicyclic) bond motifs is 3. The van der Waals surface area contributed by atoms with Crippen LogP contribution in [0.1, 0.15) is 17.0 Å². The number of carbonyl (C=O) groups excluding carboxylic acids is 1. The highest BCUT2D eigenvalue weighted by atomic mass is 32.1. The monoisotopic (exact) mass is 376 g/mol. The summed E-state index contributed by atoms with van der Waals surface area (Å²) in [5.74, 6) is 0.314. The van der Waals surface area contributed by atoms with Gasteiger partial charge in [-0.25, -0.2) is 9.37 Å². The Kier molecular flexibility index (Phi) is 3.65. The Hall–Kier alpha value is -3.25. The zero-order valence-corrected chi connectivity index (χ0v) is 14.8. The SMILES string of the molecule is O=C(Nc1nc2ccc(F)cc2s1)C1c2ccccc2Oc2ccccc21. The number of amides is 1. The predicted molar refractivity (Wildman–Crippen MR) is 103 cm³/mol. The molecule has 0 atom stereocenters. The molecule has 0 unspecified atom stereocenters. The topological polar surface area (TPSA) is 51.2 Å². The first-order valence-electron chi connectivity index (χ1n) is 8.42. The second-order valence-corrected chi connectivity index (χ2v) is 7.26. The molecule has 0 radical (unpaired) electrons. The number of nitrogens with one attached hydrogen (secondary N) is 1. The number of anilines is 1. The molecule has 4 nitrogen and oxygen atoms in total. The Morgan fingerprint density at radius 1 is 1.00 bits per heavy atom. The molecule has 0 fully saturated rings. The number of hydrogen-bond donors (Lipinski definition) is 1. The first-order valence-corrected chi connectivity index (χ1v) is 9.23. The molecule has 6 heteroatoms. The maximum Gasteiger partial charge on any atom is 0.238 e. The summed E-state index contributed by atoms with van der Waals surface area (Å²) in [7, 11) is 0. The van der Waals surface area contributed by atoms with Gasteiger partial charge in [0.2, 0.25) is 5.91 Å². The molecule has 1 N–H and O–H groups in total. The van der Waals surface area contributed by atoms with Gasteiger partial charge in [-0.2, -0.15) is 0 Å². The number of nitrogens with zero attached hydrogens (tertiary/aromatic N) is 1. The van der Waals surface area contributed by atoms with Crippen molar-refractivity contribution in [2.75, 3.05) is 5.32 Å². The molecule has 5 rings (SSSR count). The molecule has 3 aromatic carbocycles. The molecule has 1 aromatic heterocycles. The quantitative estimate of drug-likeness (QED) is 0.516. The van der Waals surface area contributed by atoms with Crippen molar-refractivity contribution in [3.63, 3.8) is 0 Å². The lowest BCUT2D eigenvalue weighted by molar-refractivity contribution is -0.116. The third-order valence-corrected chi connectivity index (χ3v) is 5.46. The van der Waals surface area contributed by atoms with Crippen LogP contribution in [0.3, 0.4) is 0 Å². The van der Waals surface area contributed by atoms with Crippen LogP contribution in [-0.4, -0.2) is 10.9 Å². The molecule has 1 aliphatic heterocycles. The summed E-state index contributed by atoms with van der Waals surface area (Å²) in [5, 5.41) is 3.34. The van der Waals surface area contributed by atoms with E-state index in [-0.39, 0.29) is 11.7 Å². The minimum absolute atomic E-state index is 0.197. The van der Waals surface area contributed by atoms with Crippen molar-refractivity contribution in [3.8, 4) is 11.5 Å². The Bertz CT molecular complexity index is 1140. The van der Waals surface area contributed by atoms with Gasteiger partial charge in [-0.05, 0) is 30.3 Å². The van der Waals surface area contributed by atoms with Crippen LogP contribution in [0.5, 0.6) is 11.5 Å². The van der Waals surface area contributed by atoms with Crippen LogP contribution in [0, 0.1) is 5.82 Å². The maximum absolute atomic E-state index is 13.4. The third kappa shape index (κ3) is 2.74. The van der Waals surface area contributed by atoms with Crippen LogP contribution >= 0.6 is 11.3 Å². The van der Waals surface area contributed by atoms with Gasteiger partial charge in [0.25, 0.3) is 0 Å². The average Bonchev–Trinajstić information content (AvgIpc) is 3.07. The largest absolute Gasteiger partial charge is 0.457 e. The van der Waals surface area contributed by atoms with Gasteiger partial charge in [0.05, 0.1) is 16.1 Å². The van der Waals surface area contributed by atoms with Gasteiger partial charge in [0.1, 0.15) is 17.3 Å². The van der Waals surface area contributed by atoms with Crippen molar-refractivity contribution < 1.29 is 13.9 Å². The molecule has 4 aromatic rings. The van der Waals surface area contributed by atoms with E-state index in [9.17, 15) is 9.18 Å². The molecule has 0 saturated carbocycles. The molecule has 1 aliphatic rings. The molecule has 132 valence electrons. The molecule has 0 saturated heterocycles. The number of para-hydroxylation sites is 2. The van der Waals surface area contributed by atoms with Gasteiger partial charge in [-0.15, -0.1) is 0 Å². The second kappa shape index (κ2) is 6.17. The summed E-state index contributed by atoms with van der Waals surface area (Å²) in [6, 6.07) is 19.4. The first kappa shape index (κ1) is 16.0. The van der Waals surface area contributed by atoms with Gasteiger partial charge in [-0.1, -0.05) is 47.7 Å². The summed E-state index contributed by atoms with van der Waals surface area (Å²) >= 11 is 1.25. The standard InChI is InChI=1S/C21H13FN2O2S/c22-12-9-10-15-18(11-12)27-21(23-15)24-20(25)19-13-5-1-3-7-16(13)26-17-8-4-2-6-14(17)19/h1-11,19H,(H,23,24,25). The third-order valence-electron chi connectivity index (χ3n) is 4.52. The first-order chi connectivity index (χ1) is 13.2. The Morgan fingerprint density at radius 3 is 2.37 bits per heavy atom. The second-order valence-electron chi connectivity index (χ2n) is 6.23. The Morgan fingerprint density at radius 2 is 1.67 bits per heavy atom. The number of thiazole rings is 1. The predicted octanol–water partition coefficient (Wildman–Crippen LogP) is 5.31. The van der Waals surface area contributed by atoms with Crippen LogP contribution in [-0.2, 0) is 4.79 Å². The number of carbonyl (C=O) groups is 1. The van der Waals surface area contributed by atoms with Crippen LogP contribution in [0.25, 0.3) is 10.2 Å². The van der Waals surface area contributed by atoms with Gasteiger partial charge < -0.3 is 10.1 Å². The number of ether oxygens (including phenoxy) is 1. The fraction of sp³-hybridized carbons (Fsp3) is 0.0476. The van der Waals surface area contributed by atoms with E-state index in [1.54, 1.807) is 6.07 Å². The molecular weight excluding hydrogens is 363 g/mol. The highest BCUT2D eigenvalue weighted by Gasteiger charge is 2.32. The van der Waals surface area contributed by atoms with E-state index >= 15 is 0 Å². The zero-order chi connectivity index (χ0) is 18.4. The molecular formula is C21H13FN2O2S. The minimum Gasteiger partial charge on any atom is -0.457 e. The molecule has 0 bridgehead atoms. The van der Waals surface area contributed by atoms with Crippen LogP contribution < -0.4 is 10.1 Å². The van der Waals surface area contributed by atoms with Gasteiger partial charge in [0, 0.05) is 11.1 Å². The summed E-state index contributed by atoms with van der Waals surface area (Å²) in [4.78, 5) is 17.6. The number of benzene rings is 3. The van der Waals surface area contributed by atoms with Crippen LogP contribution in [0.4, 0.5) is 9.52 Å². The van der Waals surface area contributed by atoms with Crippen molar-refractivity contribution in [2.24, 2.45) is 0 Å². The zero-order valence-electron chi connectivity index (χ0n) is 14.0. The van der Waals surface area contributed by atoms with Crippen molar-refractivity contribution in [1.29, 1.82) is 0 Å². The number of rotatable bonds is 2. The lowest BCUT2D eigenvalue weighted by Gasteiger charge is -2.27. The van der Waals surface area contributed by atoms with E-state index in [1.807, 2.05) is 48.5 Å². The van der Waals surface area contributed by atoms with E-state index in [0.29, 0.717) is 26.8 Å². The number of aromatic nitrogens is 1. The fourth-order valence-electron chi connectivity index (χ4n) is 3.32. The summed E-state index contributed by atoms with van der Waals surface area (Å²) in [6.07, 6.45) is 0. The van der Waals surface area contributed by atoms with E-state index in [4.69, 9.17) is 4.74 Å². The maximum atomic E-state index is 13.4. The van der Waals surface area contributed by atoms with Gasteiger partial charge in [-0.3, -0.25) is 4.79 Å². The normalized spacial score (nSPS) is 12.9. The summed E-state index contributed by atoms with van der Waals surface area (Å²) < 4.78 is 20.0. The highest BCUT2D eigenvalue weighted by molar-refractivity contribution is 7.22. The van der Waals surface area contributed by atoms with E-state index in [1.165, 1.54) is 23.5 Å². The summed E-state index contributed by atoms with van der Waals surface area (Å²) in [5.41, 5.74) is 2.27. The van der Waals surface area contributed by atoms with E-state index in [0.717, 1.165) is 11.1 Å². The van der Waals surface area contributed by atoms with Crippen LogP contribution in [0.15, 0.2) is 66.7 Å². The van der Waals surface area contributed by atoms with Gasteiger partial charge >= 0.3 is 0 Å². The van der Waals surface area contributed by atoms with Crippen molar-refractivity contribution in [1.82, 2.24) is 4.98 Å². The minimum atomic E-state index is -0.505. The molecule has 2 heterocycles. The number of hydrogen-bond acceptors (Lipinski definition) is 4. The van der Waals surface area contributed by atoms with Gasteiger partial charge in [0.15, 0.2) is 5.13 Å². The smallest absolute Gasteiger partial charge is 0.238 e. The van der Waals surface area contributed by atoms with E-state index < -0.39 is 5.92 Å². The van der Waals surface area contributed by atoms with E-state index in [2.05, 4.69) is 10.3 Å². The average molecular weight is 376 g/mol. The Labute approximate surface area is 158 Å². The lowest BCUT2D eigenvalue weighted by atomic mass is 9.87. The fourth-order valence-corrected chi connectivity index (χ4v) is 4.22. The lowest BCUT2D eigenvalue weighted by Crippen LogP contribution is -2.24. The summed E-state index contributed by atoms with van der Waals surface area (Å²) in [6.45, 7) is 0. The molecule has 1 amide bonds. The molecule has 0 aliphatic carbocycles. The van der Waals surface area contributed by atoms with Crippen molar-refractivity contribution >= 4 is 32.6 Å². The number of halogens is 1. The Balaban J connectivity index is 1.54. The molecule has 0 spiro atoms. The van der Waals surface area contributed by atoms with Crippen molar-refractivity contribution in [2.45, 2.75) is 5.92 Å². The molecule has 27 heavy (non-hydrogen) atoms. The van der Waals surface area contributed by atoms with Crippen molar-refractivity contribution in [3.05, 3.63) is 83.7 Å². The highest BCUT2D eigenvalue weighted by Crippen LogP contribution is 2.44. The van der Waals surface area contributed by atoms with Crippen LogP contribution in [0.2, 0.25) is 0 Å².